The Hall–Kier alpha value is -3.78. The van der Waals surface area contributed by atoms with E-state index in [-0.39, 0.29) is 23.4 Å². The van der Waals surface area contributed by atoms with E-state index in [9.17, 15) is 14.4 Å². The predicted octanol–water partition coefficient (Wildman–Crippen LogP) is 5.36. The Morgan fingerprint density at radius 1 is 1.11 bits per heavy atom. The minimum absolute atomic E-state index is 0.00135. The number of hydrogen-bond donors (Lipinski definition) is 0. The van der Waals surface area contributed by atoms with Gasteiger partial charge in [0.05, 0.1) is 29.3 Å². The van der Waals surface area contributed by atoms with E-state index in [4.69, 9.17) is 9.15 Å². The number of benzene rings is 2. The fraction of sp³-hybridized carbons (Fsp3) is 0.259. The molecule has 5 rings (SSSR count). The number of esters is 1. The van der Waals surface area contributed by atoms with Crippen LogP contribution in [0.1, 0.15) is 68.1 Å². The third kappa shape index (κ3) is 3.74. The van der Waals surface area contributed by atoms with E-state index in [2.05, 4.69) is 11.9 Å². The van der Waals surface area contributed by atoms with Crippen molar-refractivity contribution in [2.75, 3.05) is 11.5 Å². The summed E-state index contributed by atoms with van der Waals surface area (Å²) >= 11 is 1.07. The summed E-state index contributed by atoms with van der Waals surface area (Å²) in [6, 6.07) is 12.4. The normalized spacial score (nSPS) is 15.0. The van der Waals surface area contributed by atoms with Crippen molar-refractivity contribution in [1.82, 2.24) is 4.98 Å². The first-order valence-electron chi connectivity index (χ1n) is 11.5. The molecule has 7 nitrogen and oxygen atoms in total. The summed E-state index contributed by atoms with van der Waals surface area (Å²) in [7, 11) is 0. The van der Waals surface area contributed by atoms with Crippen LogP contribution in [0.5, 0.6) is 0 Å². The molecule has 1 amide bonds. The fourth-order valence-electron chi connectivity index (χ4n) is 4.41. The van der Waals surface area contributed by atoms with Crippen LogP contribution in [-0.4, -0.2) is 23.5 Å². The molecule has 0 bridgehead atoms. The highest BCUT2D eigenvalue weighted by molar-refractivity contribution is 7.17. The molecule has 0 unspecified atom stereocenters. The monoisotopic (exact) mass is 488 g/mol. The number of amides is 1. The molecule has 0 fully saturated rings. The number of thiazole rings is 1. The van der Waals surface area contributed by atoms with Gasteiger partial charge in [-0.15, -0.1) is 0 Å². The average molecular weight is 489 g/mol. The zero-order valence-corrected chi connectivity index (χ0v) is 20.7. The third-order valence-corrected chi connectivity index (χ3v) is 7.32. The Kier molecular flexibility index (Phi) is 5.76. The first-order valence-corrected chi connectivity index (χ1v) is 12.3. The van der Waals surface area contributed by atoms with Crippen LogP contribution in [0, 0.1) is 13.8 Å². The van der Waals surface area contributed by atoms with Crippen molar-refractivity contribution >= 4 is 39.3 Å². The highest BCUT2D eigenvalue weighted by Gasteiger charge is 2.45. The average Bonchev–Trinajstić information content (AvgIpc) is 3.37. The lowest BCUT2D eigenvalue weighted by atomic mass is 9.97. The lowest BCUT2D eigenvalue weighted by Gasteiger charge is -2.22. The van der Waals surface area contributed by atoms with Crippen LogP contribution in [0.2, 0.25) is 0 Å². The first-order chi connectivity index (χ1) is 16.8. The molecule has 8 heteroatoms. The molecule has 178 valence electrons. The van der Waals surface area contributed by atoms with Crippen LogP contribution in [-0.2, 0) is 11.2 Å². The molecule has 2 aromatic heterocycles. The number of aromatic nitrogens is 1. The summed E-state index contributed by atoms with van der Waals surface area (Å²) in [5.74, 6) is -0.952. The molecule has 0 N–H and O–H groups in total. The molecule has 2 aromatic carbocycles. The van der Waals surface area contributed by atoms with Crippen LogP contribution in [0.4, 0.5) is 5.13 Å². The maximum atomic E-state index is 13.7. The molecule has 0 radical (unpaired) electrons. The smallest absolute Gasteiger partial charge is 0.350 e. The van der Waals surface area contributed by atoms with Gasteiger partial charge in [0.15, 0.2) is 10.6 Å². The zero-order chi connectivity index (χ0) is 24.9. The van der Waals surface area contributed by atoms with Gasteiger partial charge in [0.1, 0.15) is 10.5 Å². The molecular weight excluding hydrogens is 464 g/mol. The number of aryl methyl sites for hydroxylation is 3. The lowest BCUT2D eigenvalue weighted by molar-refractivity contribution is 0.0531. The van der Waals surface area contributed by atoms with Gasteiger partial charge in [-0.05, 0) is 50.5 Å². The number of carbonyl (C=O) groups excluding carboxylic acids is 2. The van der Waals surface area contributed by atoms with E-state index in [1.807, 2.05) is 37.3 Å². The van der Waals surface area contributed by atoms with E-state index < -0.39 is 17.9 Å². The molecular formula is C27H24N2O5S. The van der Waals surface area contributed by atoms with Crippen molar-refractivity contribution in [2.45, 2.75) is 40.2 Å². The molecule has 1 aliphatic heterocycles. The van der Waals surface area contributed by atoms with Crippen molar-refractivity contribution in [3.8, 4) is 0 Å². The van der Waals surface area contributed by atoms with Gasteiger partial charge in [-0.25, -0.2) is 9.78 Å². The number of fused-ring (bicyclic) bond motifs is 2. The Morgan fingerprint density at radius 2 is 1.86 bits per heavy atom. The highest BCUT2D eigenvalue weighted by atomic mass is 32.1. The van der Waals surface area contributed by atoms with Gasteiger partial charge in [0.25, 0.3) is 5.91 Å². The minimum Gasteiger partial charge on any atom is -0.462 e. The number of anilines is 1. The van der Waals surface area contributed by atoms with Crippen LogP contribution >= 0.6 is 11.3 Å². The maximum Gasteiger partial charge on any atom is 0.350 e. The van der Waals surface area contributed by atoms with Crippen molar-refractivity contribution in [1.29, 1.82) is 0 Å². The quantitative estimate of drug-likeness (QED) is 0.352. The molecule has 35 heavy (non-hydrogen) atoms. The maximum absolute atomic E-state index is 13.7. The van der Waals surface area contributed by atoms with Gasteiger partial charge >= 0.3 is 5.97 Å². The lowest BCUT2D eigenvalue weighted by Crippen LogP contribution is -2.29. The van der Waals surface area contributed by atoms with Crippen LogP contribution in [0.3, 0.4) is 0 Å². The SMILES string of the molecule is CCOC(=O)c1sc(N2C(=O)c3oc4ccc(C)cc4c(=O)c3[C@@H]2c2ccc(CC)cc2)nc1C. The number of rotatable bonds is 5. The molecule has 0 spiro atoms. The summed E-state index contributed by atoms with van der Waals surface area (Å²) in [6.07, 6.45) is 0.866. The summed E-state index contributed by atoms with van der Waals surface area (Å²) in [5, 5.41) is 0.738. The Balaban J connectivity index is 1.74. The molecule has 0 saturated heterocycles. The molecule has 3 heterocycles. The summed E-state index contributed by atoms with van der Waals surface area (Å²) < 4.78 is 11.2. The summed E-state index contributed by atoms with van der Waals surface area (Å²) in [6.45, 7) is 7.63. The van der Waals surface area contributed by atoms with Gasteiger partial charge in [0, 0.05) is 0 Å². The molecule has 1 aliphatic rings. The number of nitrogens with zero attached hydrogens (tertiary/aromatic N) is 2. The first kappa shape index (κ1) is 23.0. The second kappa shape index (κ2) is 8.78. The standard InChI is InChI=1S/C27H24N2O5S/c1-5-16-8-10-17(11-9-16)21-20-22(30)18-13-14(3)7-12-19(18)34-23(20)25(31)29(21)27-28-15(4)24(35-27)26(32)33-6-2/h7-13,21H,5-6H2,1-4H3/t21-/m0/s1. The topological polar surface area (TPSA) is 89.7 Å². The van der Waals surface area contributed by atoms with Gasteiger partial charge in [0.2, 0.25) is 5.76 Å². The summed E-state index contributed by atoms with van der Waals surface area (Å²) in [5.41, 5.74) is 3.68. The van der Waals surface area contributed by atoms with Crippen molar-refractivity contribution in [2.24, 2.45) is 0 Å². The zero-order valence-electron chi connectivity index (χ0n) is 19.9. The second-order valence-corrected chi connectivity index (χ2v) is 9.46. The van der Waals surface area contributed by atoms with Gasteiger partial charge in [-0.2, -0.15) is 0 Å². The van der Waals surface area contributed by atoms with Crippen LogP contribution in [0.15, 0.2) is 51.7 Å². The van der Waals surface area contributed by atoms with Gasteiger partial charge < -0.3 is 9.15 Å². The Bertz CT molecular complexity index is 1530. The number of hydrogen-bond acceptors (Lipinski definition) is 7. The minimum atomic E-state index is -0.731. The largest absolute Gasteiger partial charge is 0.462 e. The second-order valence-electron chi connectivity index (χ2n) is 8.48. The molecule has 4 aromatic rings. The van der Waals surface area contributed by atoms with Crippen molar-refractivity contribution in [3.05, 3.63) is 91.3 Å². The van der Waals surface area contributed by atoms with Crippen molar-refractivity contribution in [3.63, 3.8) is 0 Å². The third-order valence-electron chi connectivity index (χ3n) is 6.18. The molecule has 0 saturated carbocycles. The van der Waals surface area contributed by atoms with Gasteiger partial charge in [-0.1, -0.05) is 54.2 Å². The number of carbonyl (C=O) groups is 2. The van der Waals surface area contributed by atoms with E-state index in [0.717, 1.165) is 34.4 Å². The Morgan fingerprint density at radius 3 is 2.54 bits per heavy atom. The predicted molar refractivity (Wildman–Crippen MR) is 135 cm³/mol. The van der Waals surface area contributed by atoms with Crippen LogP contribution < -0.4 is 10.3 Å². The van der Waals surface area contributed by atoms with E-state index in [0.29, 0.717) is 26.7 Å². The fourth-order valence-corrected chi connectivity index (χ4v) is 5.39. The van der Waals surface area contributed by atoms with Crippen molar-refractivity contribution < 1.29 is 18.7 Å². The highest BCUT2D eigenvalue weighted by Crippen LogP contribution is 2.43. The van der Waals surface area contributed by atoms with E-state index in [1.54, 1.807) is 26.0 Å². The molecule has 1 atom stereocenters. The molecule has 0 aliphatic carbocycles. The van der Waals surface area contributed by atoms with E-state index in [1.165, 1.54) is 4.90 Å². The van der Waals surface area contributed by atoms with Crippen LogP contribution in [0.25, 0.3) is 11.0 Å². The van der Waals surface area contributed by atoms with E-state index >= 15 is 0 Å². The summed E-state index contributed by atoms with van der Waals surface area (Å²) in [4.78, 5) is 46.2. The van der Waals surface area contributed by atoms with Gasteiger partial charge in [-0.3, -0.25) is 14.5 Å². The number of ether oxygens (including phenoxy) is 1. The Labute approximate surface area is 206 Å².